The molecule has 0 atom stereocenters. The zero-order valence-electron chi connectivity index (χ0n) is 8.70. The summed E-state index contributed by atoms with van der Waals surface area (Å²) in [5, 5.41) is 9.01. The number of halogens is 1. The molecular weight excluding hydrogens is 232 g/mol. The minimum Gasteiger partial charge on any atom is -0.481 e. The van der Waals surface area contributed by atoms with E-state index in [1.54, 1.807) is 18.2 Å². The van der Waals surface area contributed by atoms with Crippen molar-refractivity contribution < 1.29 is 19.4 Å². The number of esters is 1. The number of hydrogen-bond donors (Lipinski definition) is 1. The SMILES string of the molecule is COC(=O)c1ccc(Cl)c(CCC(=O)O)c1. The maximum Gasteiger partial charge on any atom is 0.337 e. The van der Waals surface area contributed by atoms with Crippen molar-refractivity contribution >= 4 is 23.5 Å². The van der Waals surface area contributed by atoms with Crippen molar-refractivity contribution in [2.75, 3.05) is 7.11 Å². The molecule has 0 aromatic heterocycles. The predicted octanol–water partition coefficient (Wildman–Crippen LogP) is 2.14. The fourth-order valence-corrected chi connectivity index (χ4v) is 1.46. The van der Waals surface area contributed by atoms with Gasteiger partial charge >= 0.3 is 11.9 Å². The van der Waals surface area contributed by atoms with E-state index in [-0.39, 0.29) is 6.42 Å². The number of aryl methyl sites for hydroxylation is 1. The lowest BCUT2D eigenvalue weighted by Gasteiger charge is -2.05. The molecule has 5 heteroatoms. The molecule has 0 fully saturated rings. The Morgan fingerprint density at radius 2 is 2.12 bits per heavy atom. The Balaban J connectivity index is 2.90. The molecule has 16 heavy (non-hydrogen) atoms. The molecule has 0 saturated heterocycles. The molecule has 0 unspecified atom stereocenters. The van der Waals surface area contributed by atoms with Crippen LogP contribution in [0.15, 0.2) is 18.2 Å². The first-order valence-electron chi connectivity index (χ1n) is 4.63. The number of aliphatic carboxylic acids is 1. The van der Waals surface area contributed by atoms with Crippen LogP contribution in [0.25, 0.3) is 0 Å². The fraction of sp³-hybridized carbons (Fsp3) is 0.273. The van der Waals surface area contributed by atoms with Gasteiger partial charge in [0.05, 0.1) is 12.7 Å². The summed E-state index contributed by atoms with van der Waals surface area (Å²) >= 11 is 5.88. The summed E-state index contributed by atoms with van der Waals surface area (Å²) in [6.07, 6.45) is 0.267. The second-order valence-corrected chi connectivity index (χ2v) is 3.60. The minimum absolute atomic E-state index is 0.0235. The van der Waals surface area contributed by atoms with Crippen LogP contribution in [-0.4, -0.2) is 24.2 Å². The van der Waals surface area contributed by atoms with Crippen LogP contribution in [0.3, 0.4) is 0 Å². The van der Waals surface area contributed by atoms with Crippen molar-refractivity contribution in [3.63, 3.8) is 0 Å². The lowest BCUT2D eigenvalue weighted by Crippen LogP contribution is -2.03. The highest BCUT2D eigenvalue weighted by Gasteiger charge is 2.09. The van der Waals surface area contributed by atoms with E-state index in [4.69, 9.17) is 16.7 Å². The van der Waals surface area contributed by atoms with E-state index in [1.165, 1.54) is 7.11 Å². The molecule has 1 N–H and O–H groups in total. The zero-order valence-corrected chi connectivity index (χ0v) is 9.45. The van der Waals surface area contributed by atoms with Crippen molar-refractivity contribution in [3.05, 3.63) is 34.3 Å². The van der Waals surface area contributed by atoms with Gasteiger partial charge in [-0.2, -0.15) is 0 Å². The molecule has 0 amide bonds. The Morgan fingerprint density at radius 1 is 1.44 bits per heavy atom. The maximum absolute atomic E-state index is 11.2. The van der Waals surface area contributed by atoms with Crippen LogP contribution in [0, 0.1) is 0 Å². The van der Waals surface area contributed by atoms with Crippen molar-refractivity contribution in [2.24, 2.45) is 0 Å². The van der Waals surface area contributed by atoms with E-state index in [0.717, 1.165) is 0 Å². The third kappa shape index (κ3) is 3.24. The number of rotatable bonds is 4. The average molecular weight is 243 g/mol. The molecule has 0 saturated carbocycles. The first kappa shape index (κ1) is 12.5. The van der Waals surface area contributed by atoms with E-state index in [9.17, 15) is 9.59 Å². The molecule has 0 bridgehead atoms. The Morgan fingerprint density at radius 3 is 2.69 bits per heavy atom. The lowest BCUT2D eigenvalue weighted by atomic mass is 10.1. The van der Waals surface area contributed by atoms with Gasteiger partial charge < -0.3 is 9.84 Å². The van der Waals surface area contributed by atoms with Gasteiger partial charge in [-0.15, -0.1) is 0 Å². The Kier molecular flexibility index (Phi) is 4.31. The summed E-state index contributed by atoms with van der Waals surface area (Å²) in [6, 6.07) is 4.65. The van der Waals surface area contributed by atoms with Gasteiger partial charge in [-0.3, -0.25) is 4.79 Å². The molecule has 1 aromatic rings. The molecule has 0 aliphatic rings. The first-order valence-corrected chi connectivity index (χ1v) is 5.01. The molecule has 0 heterocycles. The maximum atomic E-state index is 11.2. The summed E-state index contributed by atoms with van der Waals surface area (Å²) in [5.41, 5.74) is 0.999. The van der Waals surface area contributed by atoms with Crippen molar-refractivity contribution in [1.82, 2.24) is 0 Å². The van der Waals surface area contributed by atoms with Crippen LogP contribution in [-0.2, 0) is 16.0 Å². The van der Waals surface area contributed by atoms with Gasteiger partial charge in [0.2, 0.25) is 0 Å². The second-order valence-electron chi connectivity index (χ2n) is 3.19. The molecule has 86 valence electrons. The van der Waals surface area contributed by atoms with Crippen molar-refractivity contribution in [2.45, 2.75) is 12.8 Å². The van der Waals surface area contributed by atoms with Crippen molar-refractivity contribution in [1.29, 1.82) is 0 Å². The van der Waals surface area contributed by atoms with Gasteiger partial charge in [-0.25, -0.2) is 4.79 Å². The number of carbonyl (C=O) groups is 2. The number of carboxylic acids is 1. The lowest BCUT2D eigenvalue weighted by molar-refractivity contribution is -0.136. The number of ether oxygens (including phenoxy) is 1. The van der Waals surface area contributed by atoms with E-state index in [2.05, 4.69) is 4.74 Å². The summed E-state index contributed by atoms with van der Waals surface area (Å²) in [4.78, 5) is 21.7. The van der Waals surface area contributed by atoms with Crippen LogP contribution < -0.4 is 0 Å². The number of benzene rings is 1. The summed E-state index contributed by atoms with van der Waals surface area (Å²) < 4.78 is 4.56. The van der Waals surface area contributed by atoms with E-state index < -0.39 is 11.9 Å². The predicted molar refractivity (Wildman–Crippen MR) is 58.7 cm³/mol. The van der Waals surface area contributed by atoms with Gasteiger partial charge in [0, 0.05) is 11.4 Å². The summed E-state index contributed by atoms with van der Waals surface area (Å²) in [6.45, 7) is 0. The van der Waals surface area contributed by atoms with Crippen LogP contribution in [0.2, 0.25) is 5.02 Å². The first-order chi connectivity index (χ1) is 7.54. The van der Waals surface area contributed by atoms with E-state index >= 15 is 0 Å². The molecule has 0 radical (unpaired) electrons. The third-order valence-electron chi connectivity index (χ3n) is 2.08. The number of carboxylic acid groups (broad SMARTS) is 1. The van der Waals surface area contributed by atoms with Gasteiger partial charge in [-0.05, 0) is 30.2 Å². The van der Waals surface area contributed by atoms with E-state index in [0.29, 0.717) is 22.6 Å². The molecule has 1 rings (SSSR count). The Labute approximate surface area is 97.8 Å². The van der Waals surface area contributed by atoms with Gasteiger partial charge in [0.1, 0.15) is 0 Å². The molecule has 4 nitrogen and oxygen atoms in total. The van der Waals surface area contributed by atoms with Gasteiger partial charge in [0.25, 0.3) is 0 Å². The molecule has 0 aliphatic heterocycles. The largest absolute Gasteiger partial charge is 0.481 e. The van der Waals surface area contributed by atoms with Crippen LogP contribution in [0.4, 0.5) is 0 Å². The zero-order chi connectivity index (χ0) is 12.1. The van der Waals surface area contributed by atoms with Crippen LogP contribution >= 0.6 is 11.6 Å². The van der Waals surface area contributed by atoms with Crippen molar-refractivity contribution in [3.8, 4) is 0 Å². The molecular formula is C11H11ClO4. The second kappa shape index (κ2) is 5.51. The monoisotopic (exact) mass is 242 g/mol. The molecule has 0 spiro atoms. The topological polar surface area (TPSA) is 63.6 Å². The summed E-state index contributed by atoms with van der Waals surface area (Å²) in [7, 11) is 1.29. The van der Waals surface area contributed by atoms with E-state index in [1.807, 2.05) is 0 Å². The standard InChI is InChI=1S/C11H11ClO4/c1-16-11(15)8-2-4-9(12)7(6-8)3-5-10(13)14/h2,4,6H,3,5H2,1H3,(H,13,14). The quantitative estimate of drug-likeness (QED) is 0.822. The van der Waals surface area contributed by atoms with Crippen LogP contribution in [0.1, 0.15) is 22.3 Å². The molecule has 0 aliphatic carbocycles. The minimum atomic E-state index is -0.903. The normalized spacial score (nSPS) is 9.88. The Bertz CT molecular complexity index is 414. The number of methoxy groups -OCH3 is 1. The smallest absolute Gasteiger partial charge is 0.337 e. The summed E-state index contributed by atoms with van der Waals surface area (Å²) in [5.74, 6) is -1.37. The van der Waals surface area contributed by atoms with Gasteiger partial charge in [-0.1, -0.05) is 11.6 Å². The highest BCUT2D eigenvalue weighted by molar-refractivity contribution is 6.31. The van der Waals surface area contributed by atoms with Crippen LogP contribution in [0.5, 0.6) is 0 Å². The average Bonchev–Trinajstić information content (AvgIpc) is 2.26. The fourth-order valence-electron chi connectivity index (χ4n) is 1.25. The number of hydrogen-bond acceptors (Lipinski definition) is 3. The Hall–Kier alpha value is -1.55. The van der Waals surface area contributed by atoms with Gasteiger partial charge in [0.15, 0.2) is 0 Å². The molecule has 1 aromatic carbocycles. The number of carbonyl (C=O) groups excluding carboxylic acids is 1. The highest BCUT2D eigenvalue weighted by atomic mass is 35.5. The highest BCUT2D eigenvalue weighted by Crippen LogP contribution is 2.19. The third-order valence-corrected chi connectivity index (χ3v) is 2.44.